The van der Waals surface area contributed by atoms with Crippen LogP contribution >= 0.6 is 0 Å². The molecule has 17 heavy (non-hydrogen) atoms. The van der Waals surface area contributed by atoms with E-state index in [0.29, 0.717) is 6.54 Å². The molecule has 0 saturated heterocycles. The van der Waals surface area contributed by atoms with Gasteiger partial charge in [-0.05, 0) is 27.7 Å². The number of carbonyl (C=O) groups excluding carboxylic acids is 2. The van der Waals surface area contributed by atoms with E-state index in [4.69, 9.17) is 9.84 Å². The van der Waals surface area contributed by atoms with Crippen molar-refractivity contribution >= 4 is 12.0 Å². The Morgan fingerprint density at radius 1 is 1.35 bits per heavy atom. The van der Waals surface area contributed by atoms with Gasteiger partial charge in [-0.25, -0.2) is 4.79 Å². The Kier molecular flexibility index (Phi) is 6.57. The molecule has 0 aliphatic rings. The maximum absolute atomic E-state index is 11.6. The summed E-state index contributed by atoms with van der Waals surface area (Å²) in [5, 5.41) is 11.1. The SMILES string of the molecule is CCN(CCO)C(=O)CNC(=O)OC(C)(C)C. The van der Waals surface area contributed by atoms with Crippen molar-refractivity contribution in [3.05, 3.63) is 0 Å². The summed E-state index contributed by atoms with van der Waals surface area (Å²) in [6.45, 7) is 7.60. The number of aliphatic hydroxyl groups excluding tert-OH is 1. The lowest BCUT2D eigenvalue weighted by atomic mass is 10.2. The summed E-state index contributed by atoms with van der Waals surface area (Å²) in [6, 6.07) is 0. The zero-order valence-electron chi connectivity index (χ0n) is 10.9. The van der Waals surface area contributed by atoms with Crippen molar-refractivity contribution in [3.8, 4) is 0 Å². The average molecular weight is 246 g/mol. The molecule has 100 valence electrons. The molecule has 0 aromatic rings. The molecule has 0 heterocycles. The van der Waals surface area contributed by atoms with Crippen LogP contribution < -0.4 is 5.32 Å². The van der Waals surface area contributed by atoms with Gasteiger partial charge in [-0.3, -0.25) is 4.79 Å². The standard InChI is InChI=1S/C11H22N2O4/c1-5-13(6-7-14)9(15)8-12-10(16)17-11(2,3)4/h14H,5-8H2,1-4H3,(H,12,16). The summed E-state index contributed by atoms with van der Waals surface area (Å²) in [6.07, 6.45) is -0.620. The van der Waals surface area contributed by atoms with Gasteiger partial charge in [-0.2, -0.15) is 0 Å². The van der Waals surface area contributed by atoms with E-state index in [0.717, 1.165) is 0 Å². The number of amides is 2. The van der Waals surface area contributed by atoms with Gasteiger partial charge in [0.2, 0.25) is 5.91 Å². The van der Waals surface area contributed by atoms with E-state index in [1.165, 1.54) is 4.90 Å². The number of alkyl carbamates (subject to hydrolysis) is 1. The van der Waals surface area contributed by atoms with Crippen molar-refractivity contribution in [3.63, 3.8) is 0 Å². The maximum atomic E-state index is 11.6. The van der Waals surface area contributed by atoms with Crippen LogP contribution in [-0.2, 0) is 9.53 Å². The molecule has 0 saturated carbocycles. The second-order valence-electron chi connectivity index (χ2n) is 4.55. The Hall–Kier alpha value is -1.30. The lowest BCUT2D eigenvalue weighted by Gasteiger charge is -2.22. The molecule has 0 aliphatic carbocycles. The van der Waals surface area contributed by atoms with E-state index in [9.17, 15) is 9.59 Å². The highest BCUT2D eigenvalue weighted by molar-refractivity contribution is 5.82. The lowest BCUT2D eigenvalue weighted by molar-refractivity contribution is -0.130. The zero-order valence-corrected chi connectivity index (χ0v) is 10.9. The van der Waals surface area contributed by atoms with Gasteiger partial charge in [0.1, 0.15) is 12.1 Å². The Balaban J connectivity index is 4.02. The number of hydrogen-bond donors (Lipinski definition) is 2. The lowest BCUT2D eigenvalue weighted by Crippen LogP contribution is -2.42. The first kappa shape index (κ1) is 15.7. The smallest absolute Gasteiger partial charge is 0.408 e. The van der Waals surface area contributed by atoms with Crippen LogP contribution in [0.1, 0.15) is 27.7 Å². The molecular weight excluding hydrogens is 224 g/mol. The minimum absolute atomic E-state index is 0.0913. The Morgan fingerprint density at radius 3 is 2.35 bits per heavy atom. The van der Waals surface area contributed by atoms with E-state index < -0.39 is 11.7 Å². The van der Waals surface area contributed by atoms with Crippen LogP contribution in [0.2, 0.25) is 0 Å². The number of ether oxygens (including phenoxy) is 1. The number of hydrogen-bond acceptors (Lipinski definition) is 4. The fraction of sp³-hybridized carbons (Fsp3) is 0.818. The molecule has 0 radical (unpaired) electrons. The molecule has 6 heteroatoms. The normalized spacial score (nSPS) is 10.9. The first-order valence-corrected chi connectivity index (χ1v) is 5.65. The van der Waals surface area contributed by atoms with Crippen molar-refractivity contribution in [1.82, 2.24) is 10.2 Å². The molecule has 0 aliphatic heterocycles. The maximum Gasteiger partial charge on any atom is 0.408 e. The molecule has 0 unspecified atom stereocenters. The molecule has 0 aromatic carbocycles. The van der Waals surface area contributed by atoms with E-state index in [1.54, 1.807) is 27.7 Å². The predicted octanol–water partition coefficient (Wildman–Crippen LogP) is 0.352. The number of aliphatic hydroxyl groups is 1. The molecule has 0 spiro atoms. The Bertz CT molecular complexity index is 261. The van der Waals surface area contributed by atoms with Crippen LogP contribution in [0.4, 0.5) is 4.79 Å². The fourth-order valence-electron chi connectivity index (χ4n) is 1.15. The Morgan fingerprint density at radius 2 is 1.94 bits per heavy atom. The first-order valence-electron chi connectivity index (χ1n) is 5.65. The molecule has 2 amide bonds. The van der Waals surface area contributed by atoms with Crippen molar-refractivity contribution in [2.24, 2.45) is 0 Å². The van der Waals surface area contributed by atoms with Crippen LogP contribution in [0.15, 0.2) is 0 Å². The summed E-state index contributed by atoms with van der Waals surface area (Å²) in [5.74, 6) is -0.243. The summed E-state index contributed by atoms with van der Waals surface area (Å²) in [5.41, 5.74) is -0.581. The number of likely N-dealkylation sites (N-methyl/N-ethyl adjacent to an activating group) is 1. The van der Waals surface area contributed by atoms with Gasteiger partial charge in [0, 0.05) is 13.1 Å². The van der Waals surface area contributed by atoms with Gasteiger partial charge in [0.25, 0.3) is 0 Å². The molecule has 2 N–H and O–H groups in total. The highest BCUT2D eigenvalue weighted by Crippen LogP contribution is 2.06. The second kappa shape index (κ2) is 7.11. The third-order valence-corrected chi connectivity index (χ3v) is 1.89. The van der Waals surface area contributed by atoms with Crippen molar-refractivity contribution in [2.45, 2.75) is 33.3 Å². The molecule has 0 atom stereocenters. The minimum Gasteiger partial charge on any atom is -0.444 e. The second-order valence-corrected chi connectivity index (χ2v) is 4.55. The molecule has 0 aromatic heterocycles. The van der Waals surface area contributed by atoms with Crippen LogP contribution in [0.3, 0.4) is 0 Å². The minimum atomic E-state index is -0.620. The summed E-state index contributed by atoms with van der Waals surface area (Å²) in [4.78, 5) is 24.3. The quantitative estimate of drug-likeness (QED) is 0.733. The van der Waals surface area contributed by atoms with Crippen LogP contribution in [0.25, 0.3) is 0 Å². The molecule has 0 rings (SSSR count). The van der Waals surface area contributed by atoms with Gasteiger partial charge in [-0.15, -0.1) is 0 Å². The largest absolute Gasteiger partial charge is 0.444 e. The highest BCUT2D eigenvalue weighted by Gasteiger charge is 2.17. The van der Waals surface area contributed by atoms with Crippen molar-refractivity contribution in [2.75, 3.05) is 26.2 Å². The fourth-order valence-corrected chi connectivity index (χ4v) is 1.15. The number of rotatable bonds is 5. The van der Waals surface area contributed by atoms with Gasteiger partial charge in [0.15, 0.2) is 0 Å². The van der Waals surface area contributed by atoms with Crippen LogP contribution in [-0.4, -0.2) is 53.8 Å². The number of carbonyl (C=O) groups is 2. The molecule has 0 fully saturated rings. The molecule has 6 nitrogen and oxygen atoms in total. The highest BCUT2D eigenvalue weighted by atomic mass is 16.6. The van der Waals surface area contributed by atoms with E-state index in [2.05, 4.69) is 5.32 Å². The number of nitrogens with one attached hydrogen (secondary N) is 1. The van der Waals surface area contributed by atoms with Crippen molar-refractivity contribution in [1.29, 1.82) is 0 Å². The van der Waals surface area contributed by atoms with Gasteiger partial charge >= 0.3 is 6.09 Å². The van der Waals surface area contributed by atoms with Crippen LogP contribution in [0, 0.1) is 0 Å². The van der Waals surface area contributed by atoms with E-state index in [1.807, 2.05) is 0 Å². The number of nitrogens with zero attached hydrogens (tertiary/aromatic N) is 1. The zero-order chi connectivity index (χ0) is 13.5. The van der Waals surface area contributed by atoms with Gasteiger partial charge in [0.05, 0.1) is 6.61 Å². The van der Waals surface area contributed by atoms with E-state index in [-0.39, 0.29) is 25.6 Å². The molecular formula is C11H22N2O4. The van der Waals surface area contributed by atoms with Crippen LogP contribution in [0.5, 0.6) is 0 Å². The molecule has 0 bridgehead atoms. The monoisotopic (exact) mass is 246 g/mol. The average Bonchev–Trinajstić information content (AvgIpc) is 2.20. The Labute approximate surface area is 102 Å². The summed E-state index contributed by atoms with van der Waals surface area (Å²) >= 11 is 0. The third-order valence-electron chi connectivity index (χ3n) is 1.89. The topological polar surface area (TPSA) is 78.9 Å². The van der Waals surface area contributed by atoms with Gasteiger partial charge in [-0.1, -0.05) is 0 Å². The van der Waals surface area contributed by atoms with Gasteiger partial charge < -0.3 is 20.1 Å². The summed E-state index contributed by atoms with van der Waals surface area (Å²) < 4.78 is 4.99. The predicted molar refractivity (Wildman–Crippen MR) is 63.6 cm³/mol. The van der Waals surface area contributed by atoms with E-state index >= 15 is 0 Å². The first-order chi connectivity index (χ1) is 7.80. The van der Waals surface area contributed by atoms with Crippen molar-refractivity contribution < 1.29 is 19.4 Å². The summed E-state index contributed by atoms with van der Waals surface area (Å²) in [7, 11) is 0. The third kappa shape index (κ3) is 7.57.